The number of rotatable bonds is 5. The van der Waals surface area contributed by atoms with Crippen molar-refractivity contribution >= 4 is 34.2 Å². The van der Waals surface area contributed by atoms with Crippen LogP contribution in [0.3, 0.4) is 0 Å². The fraction of sp³-hybridized carbons (Fsp3) is 0.300. The summed E-state index contributed by atoms with van der Waals surface area (Å²) in [6.07, 6.45) is 5.71. The average Bonchev–Trinajstić information content (AvgIpc) is 2.61. The van der Waals surface area contributed by atoms with E-state index in [2.05, 4.69) is 23.0 Å². The highest BCUT2D eigenvalue weighted by Gasteiger charge is 2.10. The van der Waals surface area contributed by atoms with E-state index in [1.807, 2.05) is 19.4 Å². The summed E-state index contributed by atoms with van der Waals surface area (Å²) in [6.45, 7) is 8.31. The molecule has 0 amide bonds. The molecule has 14 heavy (non-hydrogen) atoms. The molecule has 1 aromatic rings. The van der Waals surface area contributed by atoms with Crippen LogP contribution in [-0.2, 0) is 0 Å². The van der Waals surface area contributed by atoms with Gasteiger partial charge >= 0.3 is 0 Å². The molecule has 0 aliphatic heterocycles. The molecule has 4 heteroatoms. The lowest BCUT2D eigenvalue weighted by atomic mass is 10.4. The Morgan fingerprint density at radius 1 is 1.57 bits per heavy atom. The zero-order valence-electron chi connectivity index (χ0n) is 8.49. The predicted octanol–water partition coefficient (Wildman–Crippen LogP) is 3.13. The Morgan fingerprint density at radius 3 is 2.79 bits per heavy atom. The lowest BCUT2D eigenvalue weighted by Crippen LogP contribution is -2.15. The van der Waals surface area contributed by atoms with Gasteiger partial charge in [-0.05, 0) is 12.3 Å². The van der Waals surface area contributed by atoms with Crippen LogP contribution in [0.25, 0.3) is 6.08 Å². The Morgan fingerprint density at radius 2 is 2.29 bits per heavy atom. The molecule has 0 N–H and O–H groups in total. The van der Waals surface area contributed by atoms with E-state index in [9.17, 15) is 0 Å². The number of hydrogen-bond donors (Lipinski definition) is 0. The summed E-state index contributed by atoms with van der Waals surface area (Å²) in [4.78, 5) is 6.56. The normalized spacial score (nSPS) is 9.86. The maximum atomic E-state index is 4.44. The fourth-order valence-corrected chi connectivity index (χ4v) is 2.61. The lowest BCUT2D eigenvalue weighted by Gasteiger charge is -2.14. The second kappa shape index (κ2) is 5.22. The first kappa shape index (κ1) is 11.3. The molecule has 0 atom stereocenters. The van der Waals surface area contributed by atoms with Gasteiger partial charge in [-0.2, -0.15) is 0 Å². The number of anilines is 1. The summed E-state index contributed by atoms with van der Waals surface area (Å²) in [5.41, 5.74) is 0.962. The van der Waals surface area contributed by atoms with Gasteiger partial charge in [0.1, 0.15) is 5.00 Å². The Hall–Kier alpha value is -0.740. The van der Waals surface area contributed by atoms with Crippen molar-refractivity contribution in [2.75, 3.05) is 24.7 Å². The maximum absolute atomic E-state index is 4.44. The molecule has 0 aliphatic carbocycles. The molecule has 1 aromatic heterocycles. The average molecular weight is 226 g/mol. The molecule has 0 radical (unpaired) electrons. The zero-order valence-corrected chi connectivity index (χ0v) is 10.1. The molecular formula is C10H14N2S2. The van der Waals surface area contributed by atoms with Crippen LogP contribution in [0, 0.1) is 0 Å². The van der Waals surface area contributed by atoms with Crippen molar-refractivity contribution < 1.29 is 0 Å². The van der Waals surface area contributed by atoms with Gasteiger partial charge in [-0.15, -0.1) is 6.58 Å². The molecule has 1 heterocycles. The van der Waals surface area contributed by atoms with Gasteiger partial charge in [-0.25, -0.2) is 4.98 Å². The maximum Gasteiger partial charge on any atom is 0.152 e. The van der Waals surface area contributed by atoms with E-state index in [1.54, 1.807) is 29.2 Å². The smallest absolute Gasteiger partial charge is 0.152 e. The van der Waals surface area contributed by atoms with Gasteiger partial charge < -0.3 is 4.90 Å². The first-order valence-electron chi connectivity index (χ1n) is 4.22. The highest BCUT2D eigenvalue weighted by molar-refractivity contribution is 8.00. The van der Waals surface area contributed by atoms with E-state index in [1.165, 1.54) is 0 Å². The van der Waals surface area contributed by atoms with Crippen LogP contribution in [0.1, 0.15) is 5.69 Å². The number of aromatic nitrogens is 1. The summed E-state index contributed by atoms with van der Waals surface area (Å²) < 4.78 is 1.07. The van der Waals surface area contributed by atoms with Crippen molar-refractivity contribution in [1.29, 1.82) is 0 Å². The molecule has 0 spiro atoms. The third-order valence-corrected chi connectivity index (χ3v) is 3.90. The van der Waals surface area contributed by atoms with E-state index in [0.717, 1.165) is 21.6 Å². The summed E-state index contributed by atoms with van der Waals surface area (Å²) in [5, 5.41) is 1.16. The third kappa shape index (κ3) is 2.39. The molecule has 0 aromatic carbocycles. The molecule has 76 valence electrons. The molecule has 0 unspecified atom stereocenters. The Balaban J connectivity index is 2.98. The Kier molecular flexibility index (Phi) is 4.22. The predicted molar refractivity (Wildman–Crippen MR) is 67.5 cm³/mol. The van der Waals surface area contributed by atoms with E-state index in [-0.39, 0.29) is 0 Å². The Labute approximate surface area is 93.3 Å². The van der Waals surface area contributed by atoms with Crippen LogP contribution in [-0.4, -0.2) is 24.8 Å². The SMILES string of the molecule is C=CCN(C)c1sc(SC)nc1C=C. The largest absolute Gasteiger partial charge is 0.361 e. The third-order valence-electron chi connectivity index (χ3n) is 1.73. The van der Waals surface area contributed by atoms with Gasteiger partial charge in [-0.1, -0.05) is 35.8 Å². The van der Waals surface area contributed by atoms with Crippen LogP contribution in [0.4, 0.5) is 5.00 Å². The van der Waals surface area contributed by atoms with Gasteiger partial charge in [-0.3, -0.25) is 0 Å². The minimum Gasteiger partial charge on any atom is -0.361 e. The first-order chi connectivity index (χ1) is 6.72. The van der Waals surface area contributed by atoms with Gasteiger partial charge in [0.25, 0.3) is 0 Å². The van der Waals surface area contributed by atoms with E-state index < -0.39 is 0 Å². The monoisotopic (exact) mass is 226 g/mol. The zero-order chi connectivity index (χ0) is 10.6. The summed E-state index contributed by atoms with van der Waals surface area (Å²) in [7, 11) is 2.03. The standard InChI is InChI=1S/C10H14N2S2/c1-5-7-12(3)9-8(6-2)11-10(13-4)14-9/h5-6H,1-2,7H2,3-4H3. The topological polar surface area (TPSA) is 16.1 Å². The van der Waals surface area contributed by atoms with Crippen LogP contribution in [0.15, 0.2) is 23.6 Å². The Bertz CT molecular complexity index is 331. The molecule has 0 aliphatic rings. The lowest BCUT2D eigenvalue weighted by molar-refractivity contribution is 1.04. The number of hydrogen-bond acceptors (Lipinski definition) is 4. The van der Waals surface area contributed by atoms with Crippen molar-refractivity contribution in [2.24, 2.45) is 0 Å². The van der Waals surface area contributed by atoms with Crippen LogP contribution >= 0.6 is 23.1 Å². The summed E-state index contributed by atoms with van der Waals surface area (Å²) in [6, 6.07) is 0. The first-order valence-corrected chi connectivity index (χ1v) is 6.26. The van der Waals surface area contributed by atoms with E-state index in [4.69, 9.17) is 0 Å². The van der Waals surface area contributed by atoms with E-state index >= 15 is 0 Å². The highest BCUT2D eigenvalue weighted by Crippen LogP contribution is 2.33. The van der Waals surface area contributed by atoms with Gasteiger partial charge in [0.2, 0.25) is 0 Å². The van der Waals surface area contributed by atoms with Gasteiger partial charge in [0, 0.05) is 13.6 Å². The van der Waals surface area contributed by atoms with Crippen molar-refractivity contribution in [3.05, 3.63) is 24.9 Å². The van der Waals surface area contributed by atoms with Crippen molar-refractivity contribution in [3.8, 4) is 0 Å². The molecule has 0 fully saturated rings. The van der Waals surface area contributed by atoms with Crippen molar-refractivity contribution in [3.63, 3.8) is 0 Å². The second-order valence-corrected chi connectivity index (χ2v) is 4.78. The summed E-state index contributed by atoms with van der Waals surface area (Å²) >= 11 is 3.35. The van der Waals surface area contributed by atoms with Crippen LogP contribution in [0.5, 0.6) is 0 Å². The number of thioether (sulfide) groups is 1. The number of nitrogens with zero attached hydrogens (tertiary/aromatic N) is 2. The highest BCUT2D eigenvalue weighted by atomic mass is 32.2. The summed E-state index contributed by atoms with van der Waals surface area (Å²) in [5.74, 6) is 0. The quantitative estimate of drug-likeness (QED) is 0.567. The van der Waals surface area contributed by atoms with Gasteiger partial charge in [0.15, 0.2) is 4.34 Å². The molecule has 0 saturated carbocycles. The van der Waals surface area contributed by atoms with Crippen LogP contribution in [0.2, 0.25) is 0 Å². The molecule has 0 bridgehead atoms. The second-order valence-electron chi connectivity index (χ2n) is 2.75. The van der Waals surface area contributed by atoms with Gasteiger partial charge in [0.05, 0.1) is 5.69 Å². The van der Waals surface area contributed by atoms with E-state index in [0.29, 0.717) is 0 Å². The fourth-order valence-electron chi connectivity index (χ4n) is 1.07. The molecule has 1 rings (SSSR count). The van der Waals surface area contributed by atoms with Crippen molar-refractivity contribution in [1.82, 2.24) is 4.98 Å². The van der Waals surface area contributed by atoms with Crippen molar-refractivity contribution in [2.45, 2.75) is 4.34 Å². The van der Waals surface area contributed by atoms with Crippen LogP contribution < -0.4 is 4.90 Å². The molecule has 2 nitrogen and oxygen atoms in total. The number of thiazole rings is 1. The number of likely N-dealkylation sites (N-methyl/N-ethyl adjacent to an activating group) is 1. The molecule has 0 saturated heterocycles. The minimum absolute atomic E-state index is 0.830. The molecular weight excluding hydrogens is 212 g/mol. The minimum atomic E-state index is 0.830.